The Balaban J connectivity index is 1.95. The first kappa shape index (κ1) is 16.2. The molecule has 1 fully saturated rings. The summed E-state index contributed by atoms with van der Waals surface area (Å²) < 4.78 is 28.1. The van der Waals surface area contributed by atoms with E-state index in [1.54, 1.807) is 17.1 Å². The Labute approximate surface area is 145 Å². The quantitative estimate of drug-likeness (QED) is 0.749. The van der Waals surface area contributed by atoms with Crippen molar-refractivity contribution >= 4 is 15.5 Å². The molecule has 1 atom stereocenters. The van der Waals surface area contributed by atoms with E-state index in [-0.39, 0.29) is 10.9 Å². The normalized spacial score (nSPS) is 18.7. The lowest BCUT2D eigenvalue weighted by molar-refractivity contribution is 0.451. The zero-order chi connectivity index (χ0) is 17.6. The van der Waals surface area contributed by atoms with Crippen molar-refractivity contribution in [3.05, 3.63) is 30.5 Å². The van der Waals surface area contributed by atoms with Gasteiger partial charge in [0.1, 0.15) is 0 Å². The lowest BCUT2D eigenvalue weighted by Gasteiger charge is -2.22. The van der Waals surface area contributed by atoms with Crippen LogP contribution >= 0.6 is 0 Å². The van der Waals surface area contributed by atoms with Crippen LogP contribution in [0.1, 0.15) is 24.5 Å². The van der Waals surface area contributed by atoms with Crippen molar-refractivity contribution in [1.82, 2.24) is 29.5 Å². The topological polar surface area (TPSA) is 94.2 Å². The smallest absolute Gasteiger partial charge is 0.198 e. The van der Waals surface area contributed by atoms with Crippen molar-refractivity contribution in [2.45, 2.75) is 23.8 Å². The van der Waals surface area contributed by atoms with Crippen LogP contribution in [-0.2, 0) is 16.9 Å². The number of hydrogen-bond acceptors (Lipinski definition) is 6. The van der Waals surface area contributed by atoms with Crippen molar-refractivity contribution in [2.24, 2.45) is 7.05 Å². The fourth-order valence-corrected chi connectivity index (χ4v) is 4.05. The Morgan fingerprint density at radius 3 is 2.76 bits per heavy atom. The standard InChI is InChI=1S/C16H20N6O2S/c1-21-9-12(7-19-21)14-8-18-15-16(25(2,23)24)20-13(10-22(14)15)11-4-3-5-17-6-11/h7-11,17H,3-6H2,1-2H3/t11-/m0/s1. The maximum Gasteiger partial charge on any atom is 0.198 e. The van der Waals surface area contributed by atoms with Crippen LogP contribution in [0, 0.1) is 0 Å². The summed E-state index contributed by atoms with van der Waals surface area (Å²) in [6.45, 7) is 1.79. The Morgan fingerprint density at radius 1 is 1.28 bits per heavy atom. The third kappa shape index (κ3) is 2.93. The third-order valence-electron chi connectivity index (χ3n) is 4.55. The van der Waals surface area contributed by atoms with E-state index in [1.165, 1.54) is 6.26 Å². The first-order chi connectivity index (χ1) is 11.9. The lowest BCUT2D eigenvalue weighted by atomic mass is 9.96. The fraction of sp³-hybridized carbons (Fsp3) is 0.438. The SMILES string of the molecule is Cn1cc(-c2cnc3c(S(C)(=O)=O)nc([C@H]4CCCNC4)cn23)cn1. The van der Waals surface area contributed by atoms with Crippen LogP contribution in [0.3, 0.4) is 0 Å². The van der Waals surface area contributed by atoms with Crippen LogP contribution in [0.25, 0.3) is 16.9 Å². The minimum atomic E-state index is -3.49. The molecule has 132 valence electrons. The van der Waals surface area contributed by atoms with Gasteiger partial charge < -0.3 is 5.32 Å². The molecular formula is C16H20N6O2S. The molecule has 3 aromatic heterocycles. The summed E-state index contributed by atoms with van der Waals surface area (Å²) in [6, 6.07) is 0. The van der Waals surface area contributed by atoms with Crippen LogP contribution in [0.15, 0.2) is 29.8 Å². The number of aryl methyl sites for hydroxylation is 1. The second-order valence-electron chi connectivity index (χ2n) is 6.53. The van der Waals surface area contributed by atoms with Gasteiger partial charge in [0.15, 0.2) is 20.5 Å². The zero-order valence-corrected chi connectivity index (χ0v) is 15.0. The predicted octanol–water partition coefficient (Wildman–Crippen LogP) is 1.00. The van der Waals surface area contributed by atoms with E-state index in [0.29, 0.717) is 5.65 Å². The molecule has 25 heavy (non-hydrogen) atoms. The molecule has 1 aliphatic heterocycles. The fourth-order valence-electron chi connectivity index (χ4n) is 3.29. The number of fused-ring (bicyclic) bond motifs is 1. The molecule has 0 bridgehead atoms. The number of nitrogens with one attached hydrogen (secondary N) is 1. The largest absolute Gasteiger partial charge is 0.316 e. The van der Waals surface area contributed by atoms with Crippen molar-refractivity contribution in [3.63, 3.8) is 0 Å². The number of aromatic nitrogens is 5. The van der Waals surface area contributed by atoms with Gasteiger partial charge in [-0.3, -0.25) is 9.08 Å². The summed E-state index contributed by atoms with van der Waals surface area (Å²) in [4.78, 5) is 8.80. The number of rotatable bonds is 3. The number of piperidine rings is 1. The van der Waals surface area contributed by atoms with E-state index in [9.17, 15) is 8.42 Å². The number of hydrogen-bond donors (Lipinski definition) is 1. The van der Waals surface area contributed by atoms with Gasteiger partial charge in [-0.25, -0.2) is 18.4 Å². The van der Waals surface area contributed by atoms with Gasteiger partial charge in [-0.1, -0.05) is 0 Å². The minimum absolute atomic E-state index is 0.0331. The van der Waals surface area contributed by atoms with Crippen LogP contribution < -0.4 is 5.32 Å². The van der Waals surface area contributed by atoms with Crippen molar-refractivity contribution in [2.75, 3.05) is 19.3 Å². The van der Waals surface area contributed by atoms with Gasteiger partial charge in [0.05, 0.1) is 23.8 Å². The molecule has 0 aliphatic carbocycles. The van der Waals surface area contributed by atoms with E-state index in [2.05, 4.69) is 20.4 Å². The number of nitrogens with zero attached hydrogens (tertiary/aromatic N) is 5. The van der Waals surface area contributed by atoms with Crippen LogP contribution in [0.5, 0.6) is 0 Å². The first-order valence-electron chi connectivity index (χ1n) is 8.21. The molecule has 8 nitrogen and oxygen atoms in total. The van der Waals surface area contributed by atoms with Crippen LogP contribution in [-0.4, -0.2) is 51.9 Å². The molecule has 9 heteroatoms. The maximum atomic E-state index is 12.3. The first-order valence-corrected chi connectivity index (χ1v) is 10.1. The average molecular weight is 360 g/mol. The molecule has 0 spiro atoms. The molecule has 1 saturated heterocycles. The van der Waals surface area contributed by atoms with E-state index >= 15 is 0 Å². The molecule has 1 aliphatic rings. The highest BCUT2D eigenvalue weighted by atomic mass is 32.2. The molecule has 1 N–H and O–H groups in total. The summed E-state index contributed by atoms with van der Waals surface area (Å²) in [6.07, 6.45) is 10.4. The molecular weight excluding hydrogens is 340 g/mol. The van der Waals surface area contributed by atoms with E-state index < -0.39 is 9.84 Å². The Kier molecular flexibility index (Phi) is 3.84. The lowest BCUT2D eigenvalue weighted by Crippen LogP contribution is -2.29. The second-order valence-corrected chi connectivity index (χ2v) is 8.46. The zero-order valence-electron chi connectivity index (χ0n) is 14.2. The molecule has 4 heterocycles. The summed E-state index contributed by atoms with van der Waals surface area (Å²) in [7, 11) is -1.65. The van der Waals surface area contributed by atoms with Crippen molar-refractivity contribution in [1.29, 1.82) is 0 Å². The van der Waals surface area contributed by atoms with Gasteiger partial charge in [-0.15, -0.1) is 0 Å². The Morgan fingerprint density at radius 2 is 2.12 bits per heavy atom. The van der Waals surface area contributed by atoms with E-state index in [0.717, 1.165) is 42.9 Å². The van der Waals surface area contributed by atoms with Gasteiger partial charge in [0, 0.05) is 43.7 Å². The van der Waals surface area contributed by atoms with Gasteiger partial charge in [-0.05, 0) is 19.4 Å². The van der Waals surface area contributed by atoms with Gasteiger partial charge in [0.2, 0.25) is 0 Å². The summed E-state index contributed by atoms with van der Waals surface area (Å²) in [5.74, 6) is 0.197. The molecule has 0 aromatic carbocycles. The third-order valence-corrected chi connectivity index (χ3v) is 5.52. The van der Waals surface area contributed by atoms with E-state index in [1.807, 2.05) is 23.8 Å². The Hall–Kier alpha value is -2.26. The highest BCUT2D eigenvalue weighted by Crippen LogP contribution is 2.28. The molecule has 0 radical (unpaired) electrons. The van der Waals surface area contributed by atoms with Gasteiger partial charge >= 0.3 is 0 Å². The Bertz CT molecular complexity index is 1030. The molecule has 4 rings (SSSR count). The molecule has 3 aromatic rings. The number of sulfone groups is 1. The maximum absolute atomic E-state index is 12.3. The van der Waals surface area contributed by atoms with Gasteiger partial charge in [-0.2, -0.15) is 5.10 Å². The number of imidazole rings is 1. The monoisotopic (exact) mass is 360 g/mol. The highest BCUT2D eigenvalue weighted by molar-refractivity contribution is 7.90. The van der Waals surface area contributed by atoms with Gasteiger partial charge in [0.25, 0.3) is 0 Å². The molecule has 0 amide bonds. The summed E-state index contributed by atoms with van der Waals surface area (Å²) in [5, 5.41) is 7.58. The predicted molar refractivity (Wildman–Crippen MR) is 93.1 cm³/mol. The van der Waals surface area contributed by atoms with Crippen molar-refractivity contribution < 1.29 is 8.42 Å². The second kappa shape index (κ2) is 5.92. The summed E-state index contributed by atoms with van der Waals surface area (Å²) in [5.41, 5.74) is 2.82. The highest BCUT2D eigenvalue weighted by Gasteiger charge is 2.24. The summed E-state index contributed by atoms with van der Waals surface area (Å²) >= 11 is 0. The minimum Gasteiger partial charge on any atom is -0.316 e. The molecule has 0 saturated carbocycles. The van der Waals surface area contributed by atoms with Crippen molar-refractivity contribution in [3.8, 4) is 11.3 Å². The van der Waals surface area contributed by atoms with Crippen LogP contribution in [0.2, 0.25) is 0 Å². The van der Waals surface area contributed by atoms with E-state index in [4.69, 9.17) is 0 Å². The molecule has 0 unspecified atom stereocenters. The van der Waals surface area contributed by atoms with Crippen LogP contribution in [0.4, 0.5) is 0 Å². The average Bonchev–Trinajstić information content (AvgIpc) is 3.19.